The summed E-state index contributed by atoms with van der Waals surface area (Å²) in [4.78, 5) is 10.1. The van der Waals surface area contributed by atoms with Crippen LogP contribution in [0.15, 0.2) is 10.3 Å². The predicted octanol–water partition coefficient (Wildman–Crippen LogP) is 1.29. The highest BCUT2D eigenvalue weighted by Crippen LogP contribution is 2.35. The van der Waals surface area contributed by atoms with Crippen LogP contribution in [-0.2, 0) is 14.8 Å². The van der Waals surface area contributed by atoms with Gasteiger partial charge in [0.1, 0.15) is 4.21 Å². The average molecular weight is 335 g/mol. The van der Waals surface area contributed by atoms with Crippen LogP contribution in [0.1, 0.15) is 12.8 Å². The third-order valence-corrected chi connectivity index (χ3v) is 6.66. The van der Waals surface area contributed by atoms with Crippen molar-refractivity contribution in [1.82, 2.24) is 4.31 Å². The summed E-state index contributed by atoms with van der Waals surface area (Å²) >= 11 is 0.722. The lowest BCUT2D eigenvalue weighted by Crippen LogP contribution is -2.33. The van der Waals surface area contributed by atoms with Crippen molar-refractivity contribution < 1.29 is 18.1 Å². The van der Waals surface area contributed by atoms with Crippen LogP contribution in [0.2, 0.25) is 0 Å². The summed E-state index contributed by atoms with van der Waals surface area (Å²) in [5.41, 5.74) is 5.14. The molecule has 0 spiro atoms. The van der Waals surface area contributed by atoms with Gasteiger partial charge in [0.05, 0.1) is 4.92 Å². The molecule has 0 aliphatic carbocycles. The maximum Gasteiger partial charge on any atom is 0.304 e. The molecule has 0 radical (unpaired) electrons. The van der Waals surface area contributed by atoms with Gasteiger partial charge in [-0.2, -0.15) is 4.31 Å². The van der Waals surface area contributed by atoms with Gasteiger partial charge in [-0.15, -0.1) is 0 Å². The summed E-state index contributed by atoms with van der Waals surface area (Å²) in [5.74, 6) is 0.242. The molecule has 2 N–H and O–H groups in total. The number of rotatable bonds is 5. The van der Waals surface area contributed by atoms with E-state index in [2.05, 4.69) is 0 Å². The minimum atomic E-state index is -3.75. The van der Waals surface area contributed by atoms with Crippen LogP contribution in [0.5, 0.6) is 0 Å². The quantitative estimate of drug-likeness (QED) is 0.640. The van der Waals surface area contributed by atoms with E-state index in [0.29, 0.717) is 19.8 Å². The number of nitrogens with two attached hydrogens (primary N) is 1. The van der Waals surface area contributed by atoms with Crippen LogP contribution in [0, 0.1) is 16.0 Å². The maximum atomic E-state index is 12.4. The van der Waals surface area contributed by atoms with Crippen LogP contribution >= 0.6 is 11.3 Å². The van der Waals surface area contributed by atoms with Gasteiger partial charge in [0, 0.05) is 32.9 Å². The van der Waals surface area contributed by atoms with Crippen molar-refractivity contribution in [1.29, 1.82) is 0 Å². The molecule has 1 aromatic heterocycles. The molecule has 1 fully saturated rings. The molecule has 0 aromatic carbocycles. The Balaban J connectivity index is 2.16. The Morgan fingerprint density at radius 3 is 2.67 bits per heavy atom. The van der Waals surface area contributed by atoms with E-state index in [1.807, 2.05) is 0 Å². The Labute approximate surface area is 126 Å². The smallest absolute Gasteiger partial charge is 0.304 e. The fourth-order valence-electron chi connectivity index (χ4n) is 2.19. The van der Waals surface area contributed by atoms with Gasteiger partial charge < -0.3 is 10.5 Å². The van der Waals surface area contributed by atoms with Crippen molar-refractivity contribution in [2.75, 3.05) is 32.5 Å². The lowest BCUT2D eigenvalue weighted by atomic mass is 10.0. The van der Waals surface area contributed by atoms with Crippen molar-refractivity contribution in [2.45, 2.75) is 17.1 Å². The van der Waals surface area contributed by atoms with E-state index in [9.17, 15) is 18.5 Å². The van der Waals surface area contributed by atoms with Gasteiger partial charge in [-0.25, -0.2) is 8.42 Å². The van der Waals surface area contributed by atoms with Gasteiger partial charge in [0.2, 0.25) is 0 Å². The molecule has 1 aliphatic rings. The van der Waals surface area contributed by atoms with E-state index in [0.717, 1.165) is 30.2 Å². The minimum Gasteiger partial charge on any atom is -0.385 e. The fourth-order valence-corrected chi connectivity index (χ4v) is 4.86. The van der Waals surface area contributed by atoms with Gasteiger partial charge in [0.15, 0.2) is 5.00 Å². The summed E-state index contributed by atoms with van der Waals surface area (Å²) in [6.45, 7) is 1.64. The lowest BCUT2D eigenvalue weighted by Gasteiger charge is -2.26. The summed E-state index contributed by atoms with van der Waals surface area (Å²) in [7, 11) is -2.27. The number of anilines is 1. The zero-order valence-corrected chi connectivity index (χ0v) is 13.2. The van der Waals surface area contributed by atoms with Gasteiger partial charge in [-0.05, 0) is 18.8 Å². The first-order valence-electron chi connectivity index (χ1n) is 6.40. The highest BCUT2D eigenvalue weighted by molar-refractivity contribution is 7.91. The molecule has 0 unspecified atom stereocenters. The predicted molar refractivity (Wildman–Crippen MR) is 78.7 cm³/mol. The van der Waals surface area contributed by atoms with Gasteiger partial charge in [-0.3, -0.25) is 10.1 Å². The SMILES string of the molecule is CN(CC1CCOCC1)S(=O)(=O)c1cc([N+](=O)[O-])c(N)s1. The van der Waals surface area contributed by atoms with Crippen molar-refractivity contribution in [3.63, 3.8) is 0 Å². The Morgan fingerprint density at radius 2 is 2.14 bits per heavy atom. The van der Waals surface area contributed by atoms with Crippen LogP contribution in [0.3, 0.4) is 0 Å². The molecule has 2 heterocycles. The van der Waals surface area contributed by atoms with E-state index < -0.39 is 14.9 Å². The highest BCUT2D eigenvalue weighted by atomic mass is 32.2. The molecule has 118 valence electrons. The summed E-state index contributed by atoms with van der Waals surface area (Å²) in [6, 6.07) is 1.02. The van der Waals surface area contributed by atoms with Gasteiger partial charge in [0.25, 0.3) is 10.0 Å². The lowest BCUT2D eigenvalue weighted by molar-refractivity contribution is -0.383. The maximum absolute atomic E-state index is 12.4. The summed E-state index contributed by atoms with van der Waals surface area (Å²) in [5, 5.41) is 10.7. The Hall–Kier alpha value is -1.23. The standard InChI is InChI=1S/C11H17N3O5S2/c1-13(7-8-2-4-19-5-3-8)21(17,18)10-6-9(14(15)16)11(12)20-10/h6,8H,2-5,7,12H2,1H3. The van der Waals surface area contributed by atoms with Crippen LogP contribution in [0.4, 0.5) is 10.7 Å². The number of sulfonamides is 1. The molecule has 0 saturated carbocycles. The largest absolute Gasteiger partial charge is 0.385 e. The number of nitro groups is 1. The average Bonchev–Trinajstić information content (AvgIpc) is 2.82. The van der Waals surface area contributed by atoms with E-state index in [-0.39, 0.29) is 20.8 Å². The van der Waals surface area contributed by atoms with Gasteiger partial charge >= 0.3 is 5.69 Å². The molecule has 1 aliphatic heterocycles. The van der Waals surface area contributed by atoms with E-state index in [1.165, 1.54) is 11.4 Å². The van der Waals surface area contributed by atoms with Crippen LogP contribution < -0.4 is 5.73 Å². The molecule has 1 aromatic rings. The minimum absolute atomic E-state index is 0.0961. The Morgan fingerprint density at radius 1 is 1.52 bits per heavy atom. The molecule has 1 saturated heterocycles. The Kier molecular flexibility index (Phi) is 4.81. The summed E-state index contributed by atoms with van der Waals surface area (Å²) in [6.07, 6.45) is 1.62. The van der Waals surface area contributed by atoms with Crippen LogP contribution in [0.25, 0.3) is 0 Å². The third-order valence-electron chi connectivity index (χ3n) is 3.44. The first-order chi connectivity index (χ1) is 9.82. The number of hydrogen-bond donors (Lipinski definition) is 1. The second-order valence-corrected chi connectivity index (χ2v) is 8.27. The molecular formula is C11H17N3O5S2. The van der Waals surface area contributed by atoms with Gasteiger partial charge in [-0.1, -0.05) is 11.3 Å². The molecule has 0 atom stereocenters. The molecule has 21 heavy (non-hydrogen) atoms. The molecule has 10 heteroatoms. The van der Waals surface area contributed by atoms with Crippen molar-refractivity contribution in [3.05, 3.63) is 16.2 Å². The Bertz CT molecular complexity index is 622. The molecule has 0 bridgehead atoms. The van der Waals surface area contributed by atoms with Crippen molar-refractivity contribution in [3.8, 4) is 0 Å². The van der Waals surface area contributed by atoms with E-state index in [4.69, 9.17) is 10.5 Å². The fraction of sp³-hybridized carbons (Fsp3) is 0.636. The highest BCUT2D eigenvalue weighted by Gasteiger charge is 2.29. The summed E-state index contributed by atoms with van der Waals surface area (Å²) < 4.78 is 31.2. The second-order valence-electron chi connectivity index (χ2n) is 4.91. The first kappa shape index (κ1) is 16.1. The third kappa shape index (κ3) is 3.51. The number of thiophene rings is 1. The zero-order valence-electron chi connectivity index (χ0n) is 11.5. The number of nitrogen functional groups attached to an aromatic ring is 1. The second kappa shape index (κ2) is 6.26. The molecule has 2 rings (SSSR count). The first-order valence-corrected chi connectivity index (χ1v) is 8.66. The topological polar surface area (TPSA) is 116 Å². The van der Waals surface area contributed by atoms with Crippen molar-refractivity contribution in [2.24, 2.45) is 5.92 Å². The normalized spacial score (nSPS) is 17.2. The molecule has 0 amide bonds. The van der Waals surface area contributed by atoms with Crippen molar-refractivity contribution >= 4 is 32.0 Å². The number of ether oxygens (including phenoxy) is 1. The molecule has 8 nitrogen and oxygen atoms in total. The number of hydrogen-bond acceptors (Lipinski definition) is 7. The monoisotopic (exact) mass is 335 g/mol. The van der Waals surface area contributed by atoms with Crippen LogP contribution in [-0.4, -0.2) is 44.5 Å². The number of nitrogens with zero attached hydrogens (tertiary/aromatic N) is 2. The van der Waals surface area contributed by atoms with E-state index >= 15 is 0 Å². The zero-order chi connectivity index (χ0) is 15.6. The molecular weight excluding hydrogens is 318 g/mol. The van der Waals surface area contributed by atoms with E-state index in [1.54, 1.807) is 0 Å².